The van der Waals surface area contributed by atoms with Crippen LogP contribution in [-0.4, -0.2) is 36.7 Å². The van der Waals surface area contributed by atoms with Crippen molar-refractivity contribution in [2.75, 3.05) is 13.1 Å². The maximum absolute atomic E-state index is 13.2. The summed E-state index contributed by atoms with van der Waals surface area (Å²) in [6, 6.07) is 9.25. The number of aromatic nitrogens is 1. The molecule has 0 unspecified atom stereocenters. The number of fused-ring (bicyclic) bond motifs is 1. The number of benzene rings is 2. The van der Waals surface area contributed by atoms with Gasteiger partial charge in [-0.15, -0.1) is 0 Å². The van der Waals surface area contributed by atoms with Gasteiger partial charge in [-0.25, -0.2) is 12.8 Å². The Morgan fingerprint density at radius 3 is 2.58 bits per heavy atom. The van der Waals surface area contributed by atoms with Gasteiger partial charge in [0, 0.05) is 41.6 Å². The standard InChI is InChI=1S/C21H19ClFN3O4S/c22-18-9-14(23)4-3-13(18)12-24-21(28)17-11-20(27)25-19-6-5-15(10-16(17)19)31(29,30)26-7-1-2-8-26/h3-6,9-11H,1-2,7-8,12H2,(H,24,28)(H,25,27). The van der Waals surface area contributed by atoms with Gasteiger partial charge in [-0.2, -0.15) is 4.31 Å². The van der Waals surface area contributed by atoms with Crippen LogP contribution in [0.1, 0.15) is 28.8 Å². The summed E-state index contributed by atoms with van der Waals surface area (Å²) in [5, 5.41) is 3.12. The van der Waals surface area contributed by atoms with Gasteiger partial charge in [0.1, 0.15) is 5.82 Å². The van der Waals surface area contributed by atoms with Crippen LogP contribution in [-0.2, 0) is 16.6 Å². The van der Waals surface area contributed by atoms with E-state index in [4.69, 9.17) is 11.6 Å². The summed E-state index contributed by atoms with van der Waals surface area (Å²) in [5.74, 6) is -1.07. The summed E-state index contributed by atoms with van der Waals surface area (Å²) in [7, 11) is -3.69. The van der Waals surface area contributed by atoms with Gasteiger partial charge in [-0.05, 0) is 48.7 Å². The molecule has 0 atom stereocenters. The average molecular weight is 464 g/mol. The van der Waals surface area contributed by atoms with E-state index in [1.54, 1.807) is 0 Å². The summed E-state index contributed by atoms with van der Waals surface area (Å²) >= 11 is 5.99. The zero-order valence-electron chi connectivity index (χ0n) is 16.3. The lowest BCUT2D eigenvalue weighted by atomic mass is 10.1. The van der Waals surface area contributed by atoms with Crippen molar-refractivity contribution in [1.29, 1.82) is 0 Å². The van der Waals surface area contributed by atoms with Crippen molar-refractivity contribution >= 4 is 38.4 Å². The van der Waals surface area contributed by atoms with Crippen LogP contribution >= 0.6 is 11.6 Å². The summed E-state index contributed by atoms with van der Waals surface area (Å²) in [4.78, 5) is 27.6. The maximum atomic E-state index is 13.2. The van der Waals surface area contributed by atoms with E-state index < -0.39 is 27.3 Å². The first kappa shape index (κ1) is 21.5. The number of carbonyl (C=O) groups is 1. The van der Waals surface area contributed by atoms with Gasteiger partial charge in [0.05, 0.1) is 10.5 Å². The van der Waals surface area contributed by atoms with Gasteiger partial charge in [-0.3, -0.25) is 9.59 Å². The fourth-order valence-corrected chi connectivity index (χ4v) is 5.37. The minimum Gasteiger partial charge on any atom is -0.348 e. The molecule has 7 nitrogen and oxygen atoms in total. The Labute approximate surface area is 182 Å². The molecule has 0 bridgehead atoms. The third-order valence-electron chi connectivity index (χ3n) is 5.22. The number of nitrogens with zero attached hydrogens (tertiary/aromatic N) is 1. The highest BCUT2D eigenvalue weighted by atomic mass is 35.5. The van der Waals surface area contributed by atoms with Crippen molar-refractivity contribution in [3.05, 3.63) is 74.8 Å². The molecule has 2 heterocycles. The van der Waals surface area contributed by atoms with E-state index in [0.717, 1.165) is 25.0 Å². The smallest absolute Gasteiger partial charge is 0.252 e. The first-order chi connectivity index (χ1) is 14.8. The molecule has 10 heteroatoms. The number of sulfonamides is 1. The lowest BCUT2D eigenvalue weighted by Crippen LogP contribution is -2.28. The number of H-pyrrole nitrogens is 1. The van der Waals surface area contributed by atoms with Crippen LogP contribution in [0.2, 0.25) is 5.02 Å². The van der Waals surface area contributed by atoms with Crippen molar-refractivity contribution in [2.24, 2.45) is 0 Å². The molecule has 162 valence electrons. The lowest BCUT2D eigenvalue weighted by molar-refractivity contribution is 0.0952. The van der Waals surface area contributed by atoms with Crippen LogP contribution in [0.3, 0.4) is 0 Å². The van der Waals surface area contributed by atoms with Gasteiger partial charge in [0.25, 0.3) is 5.91 Å². The second-order valence-electron chi connectivity index (χ2n) is 7.28. The molecule has 1 aliphatic rings. The average Bonchev–Trinajstić information content (AvgIpc) is 3.27. The van der Waals surface area contributed by atoms with Crippen molar-refractivity contribution in [2.45, 2.75) is 24.3 Å². The largest absolute Gasteiger partial charge is 0.348 e. The van der Waals surface area contributed by atoms with E-state index in [-0.39, 0.29) is 22.0 Å². The van der Waals surface area contributed by atoms with Crippen LogP contribution in [0.25, 0.3) is 10.9 Å². The number of nitrogens with one attached hydrogen (secondary N) is 2. The number of rotatable bonds is 5. The Bertz CT molecular complexity index is 1330. The molecule has 1 aromatic heterocycles. The molecule has 31 heavy (non-hydrogen) atoms. The Hall–Kier alpha value is -2.75. The highest BCUT2D eigenvalue weighted by molar-refractivity contribution is 7.89. The molecular formula is C21H19ClFN3O4S. The number of amides is 1. The molecule has 3 aromatic rings. The minimum absolute atomic E-state index is 0.0119. The van der Waals surface area contributed by atoms with Crippen LogP contribution in [0.4, 0.5) is 4.39 Å². The number of carbonyl (C=O) groups excluding carboxylic acids is 1. The molecular weight excluding hydrogens is 445 g/mol. The zero-order chi connectivity index (χ0) is 22.2. The van der Waals surface area contributed by atoms with Gasteiger partial charge >= 0.3 is 0 Å². The number of hydrogen-bond acceptors (Lipinski definition) is 4. The first-order valence-corrected chi connectivity index (χ1v) is 11.5. The topological polar surface area (TPSA) is 99.3 Å². The van der Waals surface area contributed by atoms with Crippen LogP contribution in [0, 0.1) is 5.82 Å². The van der Waals surface area contributed by atoms with E-state index >= 15 is 0 Å². The molecule has 1 saturated heterocycles. The van der Waals surface area contributed by atoms with Crippen LogP contribution < -0.4 is 10.9 Å². The summed E-state index contributed by atoms with van der Waals surface area (Å²) in [6.45, 7) is 0.924. The van der Waals surface area contributed by atoms with E-state index in [2.05, 4.69) is 10.3 Å². The summed E-state index contributed by atoms with van der Waals surface area (Å²) in [6.07, 6.45) is 1.61. The van der Waals surface area contributed by atoms with Crippen molar-refractivity contribution in [3.8, 4) is 0 Å². The van der Waals surface area contributed by atoms with Gasteiger partial charge in [-0.1, -0.05) is 17.7 Å². The fraction of sp³-hybridized carbons (Fsp3) is 0.238. The minimum atomic E-state index is -3.69. The molecule has 1 fully saturated rings. The molecule has 4 rings (SSSR count). The third kappa shape index (κ3) is 4.34. The molecule has 2 aromatic carbocycles. The van der Waals surface area contributed by atoms with Gasteiger partial charge in [0.2, 0.25) is 15.6 Å². The number of hydrogen-bond donors (Lipinski definition) is 2. The molecule has 2 N–H and O–H groups in total. The molecule has 1 amide bonds. The predicted molar refractivity (Wildman–Crippen MR) is 115 cm³/mol. The number of aromatic amines is 1. The molecule has 1 aliphatic heterocycles. The molecule has 0 spiro atoms. The number of halogens is 2. The van der Waals surface area contributed by atoms with Crippen LogP contribution in [0.15, 0.2) is 52.2 Å². The lowest BCUT2D eigenvalue weighted by Gasteiger charge is -2.16. The first-order valence-electron chi connectivity index (χ1n) is 9.65. The predicted octanol–water partition coefficient (Wildman–Crippen LogP) is 3.04. The molecule has 0 aliphatic carbocycles. The van der Waals surface area contributed by atoms with Crippen molar-refractivity contribution in [1.82, 2.24) is 14.6 Å². The molecule has 0 radical (unpaired) electrons. The summed E-state index contributed by atoms with van der Waals surface area (Å²) < 4.78 is 40.4. The monoisotopic (exact) mass is 463 g/mol. The quantitative estimate of drug-likeness (QED) is 0.607. The van der Waals surface area contributed by atoms with E-state index in [9.17, 15) is 22.4 Å². The van der Waals surface area contributed by atoms with E-state index in [1.807, 2.05) is 0 Å². The highest BCUT2D eigenvalue weighted by Crippen LogP contribution is 2.25. The SMILES string of the molecule is O=C(NCc1ccc(F)cc1Cl)c1cc(=O)[nH]c2ccc(S(=O)(=O)N3CCCC3)cc12. The Balaban J connectivity index is 1.69. The number of pyridine rings is 1. The van der Waals surface area contributed by atoms with Gasteiger partial charge < -0.3 is 10.3 Å². The summed E-state index contributed by atoms with van der Waals surface area (Å²) in [5.41, 5.74) is 0.392. The fourth-order valence-electron chi connectivity index (χ4n) is 3.59. The highest BCUT2D eigenvalue weighted by Gasteiger charge is 2.27. The third-order valence-corrected chi connectivity index (χ3v) is 7.46. The van der Waals surface area contributed by atoms with Crippen molar-refractivity contribution in [3.63, 3.8) is 0 Å². The normalized spacial score (nSPS) is 14.8. The maximum Gasteiger partial charge on any atom is 0.252 e. The van der Waals surface area contributed by atoms with Crippen molar-refractivity contribution < 1.29 is 17.6 Å². The van der Waals surface area contributed by atoms with Crippen LogP contribution in [0.5, 0.6) is 0 Å². The Morgan fingerprint density at radius 2 is 1.87 bits per heavy atom. The Morgan fingerprint density at radius 1 is 1.13 bits per heavy atom. The molecule has 0 saturated carbocycles. The van der Waals surface area contributed by atoms with E-state index in [1.165, 1.54) is 34.6 Å². The second kappa shape index (κ2) is 8.41. The zero-order valence-corrected chi connectivity index (χ0v) is 17.9. The van der Waals surface area contributed by atoms with E-state index in [0.29, 0.717) is 29.6 Å². The second-order valence-corrected chi connectivity index (χ2v) is 9.63. The van der Waals surface area contributed by atoms with Gasteiger partial charge in [0.15, 0.2) is 0 Å². The Kier molecular flexibility index (Phi) is 5.83.